The first-order valence-electron chi connectivity index (χ1n) is 5.35. The quantitative estimate of drug-likeness (QED) is 0.741. The smallest absolute Gasteiger partial charge is 0.151 e. The molecule has 0 amide bonds. The average molecular weight is 244 g/mol. The molecule has 1 unspecified atom stereocenters. The van der Waals surface area contributed by atoms with E-state index in [1.165, 1.54) is 12.1 Å². The third-order valence-corrected chi connectivity index (χ3v) is 2.86. The topological polar surface area (TPSA) is 12.5 Å². The van der Waals surface area contributed by atoms with E-state index in [9.17, 15) is 4.39 Å². The maximum Gasteiger partial charge on any atom is 0.151 e. The Hall–Kier alpha value is -0.640. The molecule has 0 spiro atoms. The first-order chi connectivity index (χ1) is 7.55. The molecule has 1 aliphatic rings. The number of halogens is 2. The molecule has 1 atom stereocenters. The maximum absolute atomic E-state index is 12.7. The van der Waals surface area contributed by atoms with Gasteiger partial charge in [0, 0.05) is 19.6 Å². The van der Waals surface area contributed by atoms with Crippen LogP contribution >= 0.6 is 11.6 Å². The summed E-state index contributed by atoms with van der Waals surface area (Å²) in [6.07, 6.45) is 0. The lowest BCUT2D eigenvalue weighted by molar-refractivity contribution is -0.0483. The van der Waals surface area contributed by atoms with Crippen molar-refractivity contribution in [1.29, 1.82) is 0 Å². The second-order valence-corrected chi connectivity index (χ2v) is 5.09. The van der Waals surface area contributed by atoms with Crippen LogP contribution in [0.15, 0.2) is 24.3 Å². The molecule has 2 nitrogen and oxygen atoms in total. The number of ether oxygens (including phenoxy) is 1. The highest BCUT2D eigenvalue weighted by Gasteiger charge is 2.29. The lowest BCUT2D eigenvalue weighted by Crippen LogP contribution is -2.46. The van der Waals surface area contributed by atoms with E-state index < -0.39 is 5.06 Å². The molecule has 1 fully saturated rings. The lowest BCUT2D eigenvalue weighted by atomic mass is 10.2. The highest BCUT2D eigenvalue weighted by Crippen LogP contribution is 2.22. The predicted molar refractivity (Wildman–Crippen MR) is 61.9 cm³/mol. The highest BCUT2D eigenvalue weighted by molar-refractivity contribution is 6.22. The Bertz CT molecular complexity index is 353. The van der Waals surface area contributed by atoms with Crippen molar-refractivity contribution in [3.8, 4) is 0 Å². The summed E-state index contributed by atoms with van der Waals surface area (Å²) in [4.78, 5) is 2.21. The largest absolute Gasteiger partial charge is 0.357 e. The molecule has 1 aliphatic heterocycles. The summed E-state index contributed by atoms with van der Waals surface area (Å²) in [5.41, 5.74) is 1.09. The Morgan fingerprint density at radius 3 is 2.75 bits per heavy atom. The number of hydrogen-bond donors (Lipinski definition) is 0. The second kappa shape index (κ2) is 4.70. The second-order valence-electron chi connectivity index (χ2n) is 4.29. The van der Waals surface area contributed by atoms with Gasteiger partial charge >= 0.3 is 0 Å². The van der Waals surface area contributed by atoms with Gasteiger partial charge in [0.1, 0.15) is 5.82 Å². The lowest BCUT2D eigenvalue weighted by Gasteiger charge is -2.36. The fraction of sp³-hybridized carbons (Fsp3) is 0.500. The molecule has 16 heavy (non-hydrogen) atoms. The van der Waals surface area contributed by atoms with Crippen molar-refractivity contribution in [1.82, 2.24) is 4.90 Å². The Balaban J connectivity index is 1.97. The van der Waals surface area contributed by atoms with Gasteiger partial charge in [-0.05, 0) is 24.6 Å². The van der Waals surface area contributed by atoms with Gasteiger partial charge in [-0.1, -0.05) is 23.7 Å². The van der Waals surface area contributed by atoms with Gasteiger partial charge in [-0.2, -0.15) is 0 Å². The molecular formula is C12H15ClFNO. The molecule has 1 aromatic carbocycles. The third-order valence-electron chi connectivity index (χ3n) is 2.64. The number of hydrogen-bond acceptors (Lipinski definition) is 2. The zero-order valence-electron chi connectivity index (χ0n) is 9.25. The molecule has 2 rings (SSSR count). The summed E-state index contributed by atoms with van der Waals surface area (Å²) in [5, 5.41) is -0.599. The van der Waals surface area contributed by atoms with E-state index in [-0.39, 0.29) is 5.82 Å². The summed E-state index contributed by atoms with van der Waals surface area (Å²) in [6.45, 7) is 4.84. The minimum atomic E-state index is -0.599. The van der Waals surface area contributed by atoms with Gasteiger partial charge in [0.2, 0.25) is 0 Å². The van der Waals surface area contributed by atoms with Crippen LogP contribution in [0.3, 0.4) is 0 Å². The molecule has 1 aromatic rings. The van der Waals surface area contributed by atoms with Crippen molar-refractivity contribution in [3.63, 3.8) is 0 Å². The monoisotopic (exact) mass is 243 g/mol. The average Bonchev–Trinajstić information content (AvgIpc) is 2.20. The van der Waals surface area contributed by atoms with Crippen LogP contribution in [0.1, 0.15) is 12.5 Å². The molecule has 0 aromatic heterocycles. The SMILES string of the molecule is CC1(Cl)CN(Cc2ccc(F)cc2)CCO1. The number of alkyl halides is 1. The molecule has 4 heteroatoms. The van der Waals surface area contributed by atoms with Crippen LogP contribution in [0, 0.1) is 5.82 Å². The fourth-order valence-electron chi connectivity index (χ4n) is 1.89. The van der Waals surface area contributed by atoms with Crippen LogP contribution in [0.4, 0.5) is 4.39 Å². The van der Waals surface area contributed by atoms with Crippen molar-refractivity contribution in [2.24, 2.45) is 0 Å². The Morgan fingerprint density at radius 1 is 1.44 bits per heavy atom. The van der Waals surface area contributed by atoms with Crippen molar-refractivity contribution in [2.75, 3.05) is 19.7 Å². The van der Waals surface area contributed by atoms with Gasteiger partial charge in [-0.15, -0.1) is 0 Å². The molecular weight excluding hydrogens is 229 g/mol. The molecule has 0 saturated carbocycles. The van der Waals surface area contributed by atoms with Crippen LogP contribution in [-0.2, 0) is 11.3 Å². The highest BCUT2D eigenvalue weighted by atomic mass is 35.5. The summed E-state index contributed by atoms with van der Waals surface area (Å²) < 4.78 is 18.1. The van der Waals surface area contributed by atoms with Crippen LogP contribution in [-0.4, -0.2) is 29.7 Å². The number of morpholine rings is 1. The predicted octanol–water partition coefficient (Wildman–Crippen LogP) is 2.61. The van der Waals surface area contributed by atoms with E-state index in [0.29, 0.717) is 13.2 Å². The normalized spacial score (nSPS) is 26.9. The Labute approximate surface area is 100.0 Å². The van der Waals surface area contributed by atoms with Crippen molar-refractivity contribution >= 4 is 11.6 Å². The van der Waals surface area contributed by atoms with E-state index >= 15 is 0 Å². The van der Waals surface area contributed by atoms with Crippen molar-refractivity contribution < 1.29 is 9.13 Å². The van der Waals surface area contributed by atoms with E-state index in [1.807, 2.05) is 6.92 Å². The first kappa shape index (κ1) is 11.8. The number of benzene rings is 1. The van der Waals surface area contributed by atoms with Crippen LogP contribution in [0.25, 0.3) is 0 Å². The van der Waals surface area contributed by atoms with Crippen molar-refractivity contribution in [2.45, 2.75) is 18.5 Å². The molecule has 1 heterocycles. The minimum Gasteiger partial charge on any atom is -0.357 e. The van der Waals surface area contributed by atoms with Gasteiger partial charge in [-0.3, -0.25) is 4.90 Å². The zero-order chi connectivity index (χ0) is 11.6. The molecule has 1 saturated heterocycles. The van der Waals surface area contributed by atoms with E-state index in [1.54, 1.807) is 12.1 Å². The summed E-state index contributed by atoms with van der Waals surface area (Å²) in [7, 11) is 0. The van der Waals surface area contributed by atoms with Crippen LogP contribution < -0.4 is 0 Å². The standard InChI is InChI=1S/C12H15ClFNO/c1-12(13)9-15(6-7-16-12)8-10-2-4-11(14)5-3-10/h2-5H,6-9H2,1H3. The van der Waals surface area contributed by atoms with Gasteiger partial charge in [0.15, 0.2) is 5.06 Å². The Morgan fingerprint density at radius 2 is 2.12 bits per heavy atom. The van der Waals surface area contributed by atoms with Crippen LogP contribution in [0.2, 0.25) is 0 Å². The van der Waals surface area contributed by atoms with Gasteiger partial charge in [0.25, 0.3) is 0 Å². The van der Waals surface area contributed by atoms with E-state index in [0.717, 1.165) is 18.7 Å². The van der Waals surface area contributed by atoms with E-state index in [2.05, 4.69) is 4.90 Å². The maximum atomic E-state index is 12.7. The van der Waals surface area contributed by atoms with Crippen molar-refractivity contribution in [3.05, 3.63) is 35.6 Å². The number of rotatable bonds is 2. The molecule has 0 bridgehead atoms. The molecule has 0 aliphatic carbocycles. The fourth-order valence-corrected chi connectivity index (χ4v) is 2.14. The molecule has 0 N–H and O–H groups in total. The van der Waals surface area contributed by atoms with Crippen LogP contribution in [0.5, 0.6) is 0 Å². The molecule has 0 radical (unpaired) electrons. The Kier molecular flexibility index (Phi) is 3.47. The zero-order valence-corrected chi connectivity index (χ0v) is 10.0. The van der Waals surface area contributed by atoms with Gasteiger partial charge in [-0.25, -0.2) is 4.39 Å². The summed E-state index contributed by atoms with van der Waals surface area (Å²) >= 11 is 6.13. The summed E-state index contributed by atoms with van der Waals surface area (Å²) in [6, 6.07) is 6.57. The summed E-state index contributed by atoms with van der Waals surface area (Å²) in [5.74, 6) is -0.201. The molecule has 88 valence electrons. The van der Waals surface area contributed by atoms with E-state index in [4.69, 9.17) is 16.3 Å². The minimum absolute atomic E-state index is 0.201. The number of nitrogens with zero attached hydrogens (tertiary/aromatic N) is 1. The third kappa shape index (κ3) is 3.17. The van der Waals surface area contributed by atoms with Gasteiger partial charge < -0.3 is 4.74 Å². The van der Waals surface area contributed by atoms with Gasteiger partial charge in [0.05, 0.1) is 6.61 Å². The first-order valence-corrected chi connectivity index (χ1v) is 5.73.